The van der Waals surface area contributed by atoms with Gasteiger partial charge in [-0.1, -0.05) is 22.0 Å². The lowest BCUT2D eigenvalue weighted by Crippen LogP contribution is -1.79. The highest BCUT2D eigenvalue weighted by Crippen LogP contribution is 2.07. The van der Waals surface area contributed by atoms with Gasteiger partial charge in [0.2, 0.25) is 0 Å². The third kappa shape index (κ3) is 6.05. The van der Waals surface area contributed by atoms with Crippen LogP contribution in [0.2, 0.25) is 0 Å². The Balaban J connectivity index is 4.11. The van der Waals surface area contributed by atoms with Gasteiger partial charge in [0.15, 0.2) is 0 Å². The van der Waals surface area contributed by atoms with Gasteiger partial charge in [0.25, 0.3) is 0 Å². The number of hydrogen-bond donors (Lipinski definition) is 0. The standard InChI is InChI=1S/C9H14BrN/c1-4-9(10)6-8(3)7-11-5-2/h4,6-7H,5H2,1-3H3/b8-6-,9-4-,11-7-. The summed E-state index contributed by atoms with van der Waals surface area (Å²) >= 11 is 3.39. The molecule has 0 unspecified atom stereocenters. The Morgan fingerprint density at radius 2 is 2.18 bits per heavy atom. The van der Waals surface area contributed by atoms with Crippen molar-refractivity contribution in [1.82, 2.24) is 0 Å². The van der Waals surface area contributed by atoms with Crippen molar-refractivity contribution < 1.29 is 0 Å². The Morgan fingerprint density at radius 3 is 2.64 bits per heavy atom. The topological polar surface area (TPSA) is 12.4 Å². The molecule has 0 saturated heterocycles. The second-order valence-electron chi connectivity index (χ2n) is 2.19. The van der Waals surface area contributed by atoms with Crippen molar-refractivity contribution in [3.05, 3.63) is 22.2 Å². The lowest BCUT2D eigenvalue weighted by atomic mass is 10.3. The van der Waals surface area contributed by atoms with E-state index in [1.54, 1.807) is 0 Å². The normalized spacial score (nSPS) is 14.5. The van der Waals surface area contributed by atoms with Crippen molar-refractivity contribution in [1.29, 1.82) is 0 Å². The van der Waals surface area contributed by atoms with Gasteiger partial charge in [-0.05, 0) is 32.4 Å². The van der Waals surface area contributed by atoms with E-state index in [0.29, 0.717) is 0 Å². The van der Waals surface area contributed by atoms with Crippen LogP contribution in [0.1, 0.15) is 20.8 Å². The minimum Gasteiger partial charge on any atom is -0.293 e. The van der Waals surface area contributed by atoms with Gasteiger partial charge in [-0.3, -0.25) is 4.99 Å². The first-order chi connectivity index (χ1) is 5.20. The zero-order chi connectivity index (χ0) is 8.69. The van der Waals surface area contributed by atoms with E-state index in [1.165, 1.54) is 0 Å². The third-order valence-electron chi connectivity index (χ3n) is 1.12. The number of rotatable bonds is 3. The lowest BCUT2D eigenvalue weighted by molar-refractivity contribution is 1.14. The van der Waals surface area contributed by atoms with Crippen molar-refractivity contribution in [3.8, 4) is 0 Å². The summed E-state index contributed by atoms with van der Waals surface area (Å²) in [5.74, 6) is 0. The van der Waals surface area contributed by atoms with Crippen LogP contribution >= 0.6 is 15.9 Å². The predicted molar refractivity (Wildman–Crippen MR) is 55.5 cm³/mol. The zero-order valence-corrected chi connectivity index (χ0v) is 8.85. The molecule has 0 aromatic heterocycles. The molecule has 0 N–H and O–H groups in total. The van der Waals surface area contributed by atoms with E-state index >= 15 is 0 Å². The van der Waals surface area contributed by atoms with Crippen LogP contribution in [0.15, 0.2) is 27.2 Å². The minimum absolute atomic E-state index is 0.846. The van der Waals surface area contributed by atoms with E-state index < -0.39 is 0 Å². The molecule has 11 heavy (non-hydrogen) atoms. The molecule has 0 aromatic carbocycles. The first kappa shape index (κ1) is 10.6. The van der Waals surface area contributed by atoms with Gasteiger partial charge in [-0.2, -0.15) is 0 Å². The molecule has 0 aliphatic rings. The van der Waals surface area contributed by atoms with E-state index in [4.69, 9.17) is 0 Å². The van der Waals surface area contributed by atoms with Gasteiger partial charge >= 0.3 is 0 Å². The fourth-order valence-electron chi connectivity index (χ4n) is 0.573. The fraction of sp³-hybridized carbons (Fsp3) is 0.444. The van der Waals surface area contributed by atoms with E-state index in [-0.39, 0.29) is 0 Å². The van der Waals surface area contributed by atoms with Crippen LogP contribution in [0.4, 0.5) is 0 Å². The molecule has 0 aromatic rings. The zero-order valence-electron chi connectivity index (χ0n) is 7.26. The SMILES string of the molecule is C/C=C(Br)/C=C(C)\C=N/CC. The molecule has 0 bridgehead atoms. The van der Waals surface area contributed by atoms with Gasteiger partial charge in [0.05, 0.1) is 0 Å². The number of halogens is 1. The van der Waals surface area contributed by atoms with Gasteiger partial charge in [-0.15, -0.1) is 0 Å². The maximum absolute atomic E-state index is 4.12. The number of hydrogen-bond acceptors (Lipinski definition) is 1. The van der Waals surface area contributed by atoms with Crippen molar-refractivity contribution >= 4 is 22.1 Å². The minimum atomic E-state index is 0.846. The molecule has 0 saturated carbocycles. The molecule has 1 nitrogen and oxygen atoms in total. The summed E-state index contributed by atoms with van der Waals surface area (Å²) in [5.41, 5.74) is 1.16. The summed E-state index contributed by atoms with van der Waals surface area (Å²) in [6, 6.07) is 0. The largest absolute Gasteiger partial charge is 0.293 e. The van der Waals surface area contributed by atoms with Crippen molar-refractivity contribution in [3.63, 3.8) is 0 Å². The Bertz CT molecular complexity index is 190. The van der Waals surface area contributed by atoms with Crippen LogP contribution in [-0.2, 0) is 0 Å². The Labute approximate surface area is 77.0 Å². The van der Waals surface area contributed by atoms with Gasteiger partial charge in [-0.25, -0.2) is 0 Å². The van der Waals surface area contributed by atoms with Crippen LogP contribution in [-0.4, -0.2) is 12.8 Å². The summed E-state index contributed by atoms with van der Waals surface area (Å²) in [7, 11) is 0. The average molecular weight is 216 g/mol. The summed E-state index contributed by atoms with van der Waals surface area (Å²) in [6.45, 7) is 6.89. The quantitative estimate of drug-likeness (QED) is 0.506. The molecular formula is C9H14BrN. The Kier molecular flexibility index (Phi) is 6.13. The van der Waals surface area contributed by atoms with E-state index in [0.717, 1.165) is 16.6 Å². The Hall–Kier alpha value is -0.370. The molecule has 0 atom stereocenters. The molecule has 0 spiro atoms. The van der Waals surface area contributed by atoms with Gasteiger partial charge in [0.1, 0.15) is 0 Å². The molecule has 0 heterocycles. The van der Waals surface area contributed by atoms with Crippen LogP contribution in [0, 0.1) is 0 Å². The molecule has 0 aliphatic heterocycles. The first-order valence-electron chi connectivity index (χ1n) is 3.70. The second-order valence-corrected chi connectivity index (χ2v) is 3.11. The van der Waals surface area contributed by atoms with Crippen LogP contribution in [0.3, 0.4) is 0 Å². The van der Waals surface area contributed by atoms with Gasteiger partial charge in [0, 0.05) is 17.2 Å². The first-order valence-corrected chi connectivity index (χ1v) is 4.50. The van der Waals surface area contributed by atoms with Crippen LogP contribution in [0.25, 0.3) is 0 Å². The predicted octanol–water partition coefficient (Wildman–Crippen LogP) is 3.32. The van der Waals surface area contributed by atoms with Crippen molar-refractivity contribution in [2.45, 2.75) is 20.8 Å². The van der Waals surface area contributed by atoms with Crippen LogP contribution < -0.4 is 0 Å². The van der Waals surface area contributed by atoms with Crippen LogP contribution in [0.5, 0.6) is 0 Å². The highest BCUT2D eigenvalue weighted by atomic mass is 79.9. The second kappa shape index (κ2) is 6.35. The van der Waals surface area contributed by atoms with E-state index in [9.17, 15) is 0 Å². The summed E-state index contributed by atoms with van der Waals surface area (Å²) < 4.78 is 1.09. The van der Waals surface area contributed by atoms with Crippen molar-refractivity contribution in [2.75, 3.05) is 6.54 Å². The smallest absolute Gasteiger partial charge is 0.0361 e. The molecule has 2 heteroatoms. The maximum atomic E-state index is 4.12. The fourth-order valence-corrected chi connectivity index (χ4v) is 0.934. The average Bonchev–Trinajstić information content (AvgIpc) is 2.00. The molecule has 0 amide bonds. The monoisotopic (exact) mass is 215 g/mol. The number of nitrogens with zero attached hydrogens (tertiary/aromatic N) is 1. The number of allylic oxidation sites excluding steroid dienone is 4. The van der Waals surface area contributed by atoms with Crippen molar-refractivity contribution in [2.24, 2.45) is 4.99 Å². The molecule has 0 aliphatic carbocycles. The number of aliphatic imine (C=N–C) groups is 1. The molecule has 0 rings (SSSR count). The lowest BCUT2D eigenvalue weighted by Gasteiger charge is -1.90. The van der Waals surface area contributed by atoms with E-state index in [1.807, 2.05) is 39.1 Å². The summed E-state index contributed by atoms with van der Waals surface area (Å²) in [6.07, 6.45) is 5.92. The summed E-state index contributed by atoms with van der Waals surface area (Å²) in [4.78, 5) is 4.12. The molecular weight excluding hydrogens is 202 g/mol. The molecule has 0 fully saturated rings. The van der Waals surface area contributed by atoms with E-state index in [2.05, 4.69) is 20.9 Å². The molecule has 62 valence electrons. The maximum Gasteiger partial charge on any atom is 0.0361 e. The van der Waals surface area contributed by atoms with Gasteiger partial charge < -0.3 is 0 Å². The third-order valence-corrected chi connectivity index (χ3v) is 1.81. The highest BCUT2D eigenvalue weighted by Gasteiger charge is 1.84. The summed E-state index contributed by atoms with van der Waals surface area (Å²) in [5, 5.41) is 0. The highest BCUT2D eigenvalue weighted by molar-refractivity contribution is 9.11. The Morgan fingerprint density at radius 1 is 1.55 bits per heavy atom. The molecule has 0 radical (unpaired) electrons.